The molecule has 0 bridgehead atoms. The quantitative estimate of drug-likeness (QED) is 0.566. The number of hydrogen-bond acceptors (Lipinski definition) is 2. The number of nitrogens with one attached hydrogen (secondary N) is 1. The number of halogens is 1. The summed E-state index contributed by atoms with van der Waals surface area (Å²) in [5, 5.41) is 3.15. The Kier molecular flexibility index (Phi) is 5.75. The van der Waals surface area contributed by atoms with Gasteiger partial charge in [0.2, 0.25) is 0 Å². The van der Waals surface area contributed by atoms with Crippen LogP contribution in [-0.2, 0) is 11.3 Å². The number of rotatable bonds is 7. The van der Waals surface area contributed by atoms with Crippen LogP contribution < -0.4 is 5.32 Å². The summed E-state index contributed by atoms with van der Waals surface area (Å²) in [5.74, 6) is -0.214. The van der Waals surface area contributed by atoms with Crippen LogP contribution in [0.15, 0.2) is 36.9 Å². The van der Waals surface area contributed by atoms with Crippen LogP contribution in [0.3, 0.4) is 0 Å². The largest absolute Gasteiger partial charge is 0.372 e. The molecule has 0 fully saturated rings. The van der Waals surface area contributed by atoms with E-state index in [0.717, 1.165) is 13.1 Å². The fraction of sp³-hybridized carbons (Fsp3) is 0.385. The van der Waals surface area contributed by atoms with Gasteiger partial charge in [0.1, 0.15) is 5.82 Å². The molecular weight excluding hydrogens is 205 g/mol. The summed E-state index contributed by atoms with van der Waals surface area (Å²) in [6.07, 6.45) is 1.85. The molecule has 0 aliphatic carbocycles. The van der Waals surface area contributed by atoms with E-state index in [1.54, 1.807) is 18.2 Å². The van der Waals surface area contributed by atoms with Gasteiger partial charge in [-0.2, -0.15) is 0 Å². The predicted molar refractivity (Wildman–Crippen MR) is 63.7 cm³/mol. The molecule has 1 rings (SSSR count). The van der Waals surface area contributed by atoms with Crippen molar-refractivity contribution in [2.75, 3.05) is 13.1 Å². The molecule has 0 radical (unpaired) electrons. The molecule has 3 heteroatoms. The Morgan fingerprint density at radius 2 is 2.25 bits per heavy atom. The Morgan fingerprint density at radius 1 is 1.50 bits per heavy atom. The van der Waals surface area contributed by atoms with E-state index < -0.39 is 0 Å². The molecule has 0 saturated heterocycles. The molecule has 0 aromatic heterocycles. The lowest BCUT2D eigenvalue weighted by molar-refractivity contribution is 0.0522. The maximum Gasteiger partial charge on any atom is 0.128 e. The summed E-state index contributed by atoms with van der Waals surface area (Å²) >= 11 is 0. The van der Waals surface area contributed by atoms with Gasteiger partial charge in [-0.25, -0.2) is 4.39 Å². The lowest BCUT2D eigenvalue weighted by Gasteiger charge is -2.13. The Labute approximate surface area is 96.1 Å². The standard InChI is InChI=1S/C13H18FNO/c1-3-8-15-9-11(2)16-10-12-6-4-5-7-13(12)14/h3-7,11,15H,1,8-10H2,2H3. The monoisotopic (exact) mass is 223 g/mol. The van der Waals surface area contributed by atoms with Gasteiger partial charge in [-0.15, -0.1) is 6.58 Å². The zero-order chi connectivity index (χ0) is 11.8. The highest BCUT2D eigenvalue weighted by Gasteiger charge is 2.04. The number of ether oxygens (including phenoxy) is 1. The Bertz CT molecular complexity index is 327. The van der Waals surface area contributed by atoms with Crippen molar-refractivity contribution >= 4 is 0 Å². The molecule has 0 spiro atoms. The third-order valence-corrected chi connectivity index (χ3v) is 2.20. The van der Waals surface area contributed by atoms with Gasteiger partial charge in [0, 0.05) is 18.7 Å². The second-order valence-corrected chi connectivity index (χ2v) is 3.66. The topological polar surface area (TPSA) is 21.3 Å². The van der Waals surface area contributed by atoms with Crippen molar-refractivity contribution in [1.82, 2.24) is 5.32 Å². The summed E-state index contributed by atoms with van der Waals surface area (Å²) < 4.78 is 18.8. The van der Waals surface area contributed by atoms with Crippen LogP contribution in [0, 0.1) is 5.82 Å². The predicted octanol–water partition coefficient (Wildman–Crippen LogP) is 2.51. The van der Waals surface area contributed by atoms with Crippen molar-refractivity contribution in [3.05, 3.63) is 48.3 Å². The summed E-state index contributed by atoms with van der Waals surface area (Å²) in [7, 11) is 0. The molecule has 16 heavy (non-hydrogen) atoms. The van der Waals surface area contributed by atoms with Crippen LogP contribution in [-0.4, -0.2) is 19.2 Å². The molecule has 1 aromatic rings. The van der Waals surface area contributed by atoms with Crippen molar-refractivity contribution in [3.8, 4) is 0 Å². The van der Waals surface area contributed by atoms with E-state index in [9.17, 15) is 4.39 Å². The first kappa shape index (κ1) is 12.9. The molecule has 1 aromatic carbocycles. The zero-order valence-corrected chi connectivity index (χ0v) is 9.58. The number of benzene rings is 1. The first-order chi connectivity index (χ1) is 7.74. The van der Waals surface area contributed by atoms with Gasteiger partial charge in [-0.1, -0.05) is 24.3 Å². The third kappa shape index (κ3) is 4.55. The zero-order valence-electron chi connectivity index (χ0n) is 9.58. The van der Waals surface area contributed by atoms with E-state index in [-0.39, 0.29) is 11.9 Å². The third-order valence-electron chi connectivity index (χ3n) is 2.20. The highest BCUT2D eigenvalue weighted by molar-refractivity contribution is 5.16. The Balaban J connectivity index is 2.28. The summed E-state index contributed by atoms with van der Waals surface area (Å²) in [4.78, 5) is 0. The second kappa shape index (κ2) is 7.14. The van der Waals surface area contributed by atoms with E-state index in [1.807, 2.05) is 13.0 Å². The molecule has 0 saturated carbocycles. The minimum absolute atomic E-state index is 0.0551. The van der Waals surface area contributed by atoms with E-state index in [4.69, 9.17) is 4.74 Å². The van der Waals surface area contributed by atoms with E-state index in [0.29, 0.717) is 12.2 Å². The van der Waals surface area contributed by atoms with Crippen molar-refractivity contribution in [1.29, 1.82) is 0 Å². The van der Waals surface area contributed by atoms with Crippen molar-refractivity contribution in [2.24, 2.45) is 0 Å². The van der Waals surface area contributed by atoms with Gasteiger partial charge in [0.05, 0.1) is 12.7 Å². The molecule has 1 atom stereocenters. The normalized spacial score (nSPS) is 12.4. The van der Waals surface area contributed by atoms with Crippen LogP contribution in [0.1, 0.15) is 12.5 Å². The fourth-order valence-electron chi connectivity index (χ4n) is 1.30. The van der Waals surface area contributed by atoms with E-state index in [1.165, 1.54) is 6.07 Å². The minimum atomic E-state index is -0.214. The maximum absolute atomic E-state index is 13.2. The minimum Gasteiger partial charge on any atom is -0.372 e. The van der Waals surface area contributed by atoms with Gasteiger partial charge in [0.15, 0.2) is 0 Å². The highest BCUT2D eigenvalue weighted by atomic mass is 19.1. The summed E-state index contributed by atoms with van der Waals surface area (Å²) in [6.45, 7) is 7.37. The van der Waals surface area contributed by atoms with E-state index >= 15 is 0 Å². The van der Waals surface area contributed by atoms with Gasteiger partial charge >= 0.3 is 0 Å². The van der Waals surface area contributed by atoms with Crippen LogP contribution in [0.5, 0.6) is 0 Å². The van der Waals surface area contributed by atoms with Crippen LogP contribution >= 0.6 is 0 Å². The summed E-state index contributed by atoms with van der Waals surface area (Å²) in [5.41, 5.74) is 0.595. The SMILES string of the molecule is C=CCNCC(C)OCc1ccccc1F. The molecular formula is C13H18FNO. The lowest BCUT2D eigenvalue weighted by Crippen LogP contribution is -2.26. The highest BCUT2D eigenvalue weighted by Crippen LogP contribution is 2.08. The average molecular weight is 223 g/mol. The molecule has 88 valence electrons. The average Bonchev–Trinajstić information content (AvgIpc) is 2.28. The molecule has 0 heterocycles. The molecule has 0 aliphatic rings. The van der Waals surface area contributed by atoms with Gasteiger partial charge in [0.25, 0.3) is 0 Å². The van der Waals surface area contributed by atoms with Crippen molar-refractivity contribution in [3.63, 3.8) is 0 Å². The molecule has 1 N–H and O–H groups in total. The first-order valence-corrected chi connectivity index (χ1v) is 5.40. The van der Waals surface area contributed by atoms with Crippen molar-refractivity contribution < 1.29 is 9.13 Å². The van der Waals surface area contributed by atoms with Gasteiger partial charge < -0.3 is 10.1 Å². The maximum atomic E-state index is 13.2. The van der Waals surface area contributed by atoms with Crippen LogP contribution in [0.2, 0.25) is 0 Å². The molecule has 0 aliphatic heterocycles. The van der Waals surface area contributed by atoms with Crippen LogP contribution in [0.4, 0.5) is 4.39 Å². The second-order valence-electron chi connectivity index (χ2n) is 3.66. The van der Waals surface area contributed by atoms with Crippen LogP contribution in [0.25, 0.3) is 0 Å². The molecule has 0 amide bonds. The van der Waals surface area contributed by atoms with Crippen molar-refractivity contribution in [2.45, 2.75) is 19.6 Å². The smallest absolute Gasteiger partial charge is 0.128 e. The Morgan fingerprint density at radius 3 is 2.94 bits per heavy atom. The number of hydrogen-bond donors (Lipinski definition) is 1. The lowest BCUT2D eigenvalue weighted by atomic mass is 10.2. The Hall–Kier alpha value is -1.19. The fourth-order valence-corrected chi connectivity index (χ4v) is 1.30. The van der Waals surface area contributed by atoms with Gasteiger partial charge in [-0.05, 0) is 13.0 Å². The molecule has 1 unspecified atom stereocenters. The van der Waals surface area contributed by atoms with E-state index in [2.05, 4.69) is 11.9 Å². The van der Waals surface area contributed by atoms with Gasteiger partial charge in [-0.3, -0.25) is 0 Å². The first-order valence-electron chi connectivity index (χ1n) is 5.40. The molecule has 2 nitrogen and oxygen atoms in total. The summed E-state index contributed by atoms with van der Waals surface area (Å²) in [6, 6.07) is 6.66.